The summed E-state index contributed by atoms with van der Waals surface area (Å²) < 4.78 is 1.41. The van der Waals surface area contributed by atoms with Crippen LogP contribution in [0.25, 0.3) is 12.3 Å². The normalized spacial score (nSPS) is 14.5. The second kappa shape index (κ2) is 2.13. The first-order valence-electron chi connectivity index (χ1n) is 3.36. The zero-order valence-corrected chi connectivity index (χ0v) is 6.66. The predicted molar refractivity (Wildman–Crippen MR) is 45.2 cm³/mol. The zero-order chi connectivity index (χ0) is 6.97. The van der Waals surface area contributed by atoms with Crippen LogP contribution in [0.4, 0.5) is 0 Å². The SMILES string of the molecule is Cc1csc2c1=CNCC=2. The van der Waals surface area contributed by atoms with Gasteiger partial charge in [-0.25, -0.2) is 0 Å². The van der Waals surface area contributed by atoms with E-state index in [1.54, 1.807) is 0 Å². The Hall–Kier alpha value is -0.760. The molecule has 2 rings (SSSR count). The molecule has 0 fully saturated rings. The van der Waals surface area contributed by atoms with Crippen molar-refractivity contribution in [1.29, 1.82) is 0 Å². The molecule has 1 aromatic heterocycles. The zero-order valence-electron chi connectivity index (χ0n) is 5.85. The van der Waals surface area contributed by atoms with Gasteiger partial charge >= 0.3 is 0 Å². The fourth-order valence-electron chi connectivity index (χ4n) is 1.13. The lowest BCUT2D eigenvalue weighted by molar-refractivity contribution is 1.06. The van der Waals surface area contributed by atoms with Crippen LogP contribution >= 0.6 is 11.3 Å². The minimum atomic E-state index is 0.979. The van der Waals surface area contributed by atoms with Gasteiger partial charge in [0.05, 0.1) is 0 Å². The van der Waals surface area contributed by atoms with E-state index in [4.69, 9.17) is 0 Å². The summed E-state index contributed by atoms with van der Waals surface area (Å²) in [6, 6.07) is 0. The van der Waals surface area contributed by atoms with Crippen molar-refractivity contribution in [2.75, 3.05) is 6.54 Å². The third kappa shape index (κ3) is 0.762. The van der Waals surface area contributed by atoms with E-state index in [9.17, 15) is 0 Å². The highest BCUT2D eigenvalue weighted by Crippen LogP contribution is 1.91. The van der Waals surface area contributed by atoms with Crippen LogP contribution in [0.1, 0.15) is 5.56 Å². The number of thiophene rings is 1. The largest absolute Gasteiger partial charge is 0.387 e. The number of fused-ring (bicyclic) bond motifs is 1. The molecule has 0 amide bonds. The van der Waals surface area contributed by atoms with E-state index >= 15 is 0 Å². The molecule has 1 N–H and O–H groups in total. The van der Waals surface area contributed by atoms with Crippen molar-refractivity contribution in [3.8, 4) is 0 Å². The van der Waals surface area contributed by atoms with Crippen LogP contribution in [0, 0.1) is 6.92 Å². The third-order valence-electron chi connectivity index (χ3n) is 1.70. The van der Waals surface area contributed by atoms with Crippen LogP contribution in [-0.4, -0.2) is 6.54 Å². The minimum absolute atomic E-state index is 0.979. The molecule has 0 radical (unpaired) electrons. The Morgan fingerprint density at radius 2 is 2.50 bits per heavy atom. The minimum Gasteiger partial charge on any atom is -0.387 e. The fourth-order valence-corrected chi connectivity index (χ4v) is 2.09. The lowest BCUT2D eigenvalue weighted by Crippen LogP contribution is -2.30. The van der Waals surface area contributed by atoms with E-state index in [1.165, 1.54) is 15.3 Å². The van der Waals surface area contributed by atoms with Crippen molar-refractivity contribution in [3.63, 3.8) is 0 Å². The van der Waals surface area contributed by atoms with E-state index < -0.39 is 0 Å². The van der Waals surface area contributed by atoms with Crippen molar-refractivity contribution in [3.05, 3.63) is 20.7 Å². The highest BCUT2D eigenvalue weighted by Gasteiger charge is 1.95. The molecule has 1 aliphatic heterocycles. The lowest BCUT2D eigenvalue weighted by Gasteiger charge is -1.97. The summed E-state index contributed by atoms with van der Waals surface area (Å²) in [5.74, 6) is 0. The lowest BCUT2D eigenvalue weighted by atomic mass is 10.3. The van der Waals surface area contributed by atoms with Gasteiger partial charge in [0.1, 0.15) is 0 Å². The molecule has 0 aromatic carbocycles. The molecule has 0 aliphatic carbocycles. The Morgan fingerprint density at radius 3 is 3.30 bits per heavy atom. The Labute approximate surface area is 63.7 Å². The standard InChI is InChI=1S/C8H9NS/c1-6-5-10-8-2-3-9-4-7(6)8/h2,4-5,9H,3H2,1H3. The number of rotatable bonds is 0. The Morgan fingerprint density at radius 1 is 1.60 bits per heavy atom. The Kier molecular flexibility index (Phi) is 1.27. The van der Waals surface area contributed by atoms with E-state index in [0.29, 0.717) is 0 Å². The molecule has 52 valence electrons. The first kappa shape index (κ1) is 5.98. The van der Waals surface area contributed by atoms with E-state index in [-0.39, 0.29) is 0 Å². The maximum atomic E-state index is 3.19. The molecular weight excluding hydrogens is 142 g/mol. The topological polar surface area (TPSA) is 12.0 Å². The molecule has 0 saturated carbocycles. The van der Waals surface area contributed by atoms with Gasteiger partial charge in [0, 0.05) is 22.5 Å². The van der Waals surface area contributed by atoms with Crippen LogP contribution < -0.4 is 15.1 Å². The summed E-state index contributed by atoms with van der Waals surface area (Å²) in [6.07, 6.45) is 4.33. The molecule has 2 heteroatoms. The van der Waals surface area contributed by atoms with E-state index in [0.717, 1.165) is 6.54 Å². The van der Waals surface area contributed by atoms with Crippen molar-refractivity contribution in [1.82, 2.24) is 5.32 Å². The number of hydrogen-bond donors (Lipinski definition) is 1. The highest BCUT2D eigenvalue weighted by atomic mass is 32.1. The predicted octanol–water partition coefficient (Wildman–Crippen LogP) is 0.178. The molecule has 1 aromatic rings. The summed E-state index contributed by atoms with van der Waals surface area (Å²) in [5, 5.41) is 6.76. The average Bonchev–Trinajstić information content (AvgIpc) is 2.34. The second-order valence-electron chi connectivity index (χ2n) is 2.45. The van der Waals surface area contributed by atoms with Crippen molar-refractivity contribution < 1.29 is 0 Å². The van der Waals surface area contributed by atoms with Crippen molar-refractivity contribution in [2.24, 2.45) is 0 Å². The van der Waals surface area contributed by atoms with Gasteiger partial charge in [0.15, 0.2) is 0 Å². The summed E-state index contributed by atoms with van der Waals surface area (Å²) >= 11 is 1.83. The molecule has 10 heavy (non-hydrogen) atoms. The molecule has 2 heterocycles. The quantitative estimate of drug-likeness (QED) is 0.557. The van der Waals surface area contributed by atoms with Crippen LogP contribution in [-0.2, 0) is 0 Å². The van der Waals surface area contributed by atoms with E-state index in [2.05, 4.69) is 29.9 Å². The second-order valence-corrected chi connectivity index (χ2v) is 3.36. The van der Waals surface area contributed by atoms with Crippen LogP contribution in [0.3, 0.4) is 0 Å². The first-order valence-corrected chi connectivity index (χ1v) is 4.24. The maximum Gasteiger partial charge on any atom is 0.0342 e. The van der Waals surface area contributed by atoms with Crippen LogP contribution in [0.2, 0.25) is 0 Å². The molecule has 0 spiro atoms. The summed E-state index contributed by atoms with van der Waals surface area (Å²) in [6.45, 7) is 3.12. The van der Waals surface area contributed by atoms with Gasteiger partial charge < -0.3 is 5.32 Å². The molecule has 1 nitrogen and oxygen atoms in total. The van der Waals surface area contributed by atoms with Crippen LogP contribution in [0.15, 0.2) is 5.38 Å². The van der Waals surface area contributed by atoms with Crippen molar-refractivity contribution >= 4 is 23.6 Å². The summed E-state index contributed by atoms with van der Waals surface area (Å²) in [7, 11) is 0. The maximum absolute atomic E-state index is 3.19. The summed E-state index contributed by atoms with van der Waals surface area (Å²) in [4.78, 5) is 0. The van der Waals surface area contributed by atoms with Gasteiger partial charge in [0.25, 0.3) is 0 Å². The number of hydrogen-bond acceptors (Lipinski definition) is 2. The highest BCUT2D eigenvalue weighted by molar-refractivity contribution is 7.07. The molecular formula is C8H9NS. The van der Waals surface area contributed by atoms with E-state index in [1.807, 2.05) is 11.3 Å². The summed E-state index contributed by atoms with van der Waals surface area (Å²) in [5.41, 5.74) is 1.38. The third-order valence-corrected chi connectivity index (χ3v) is 2.82. The first-order chi connectivity index (χ1) is 4.88. The van der Waals surface area contributed by atoms with Gasteiger partial charge in [0.2, 0.25) is 0 Å². The van der Waals surface area contributed by atoms with Gasteiger partial charge in [-0.1, -0.05) is 0 Å². The van der Waals surface area contributed by atoms with Gasteiger partial charge in [-0.15, -0.1) is 11.3 Å². The molecule has 0 unspecified atom stereocenters. The Balaban J connectivity index is 2.89. The van der Waals surface area contributed by atoms with Gasteiger partial charge in [-0.05, 0) is 23.9 Å². The molecule has 0 atom stereocenters. The number of nitrogens with one attached hydrogen (secondary N) is 1. The molecule has 1 aliphatic rings. The molecule has 0 bridgehead atoms. The van der Waals surface area contributed by atoms with Gasteiger partial charge in [-0.2, -0.15) is 0 Å². The van der Waals surface area contributed by atoms with Crippen LogP contribution in [0.5, 0.6) is 0 Å². The van der Waals surface area contributed by atoms with Gasteiger partial charge in [-0.3, -0.25) is 0 Å². The van der Waals surface area contributed by atoms with Crippen molar-refractivity contribution in [2.45, 2.75) is 6.92 Å². The fraction of sp³-hybridized carbons (Fsp3) is 0.250. The molecule has 0 saturated heterocycles. The smallest absolute Gasteiger partial charge is 0.0342 e. The average molecular weight is 151 g/mol. The monoisotopic (exact) mass is 151 g/mol. The number of aryl methyl sites for hydroxylation is 1. The Bertz CT molecular complexity index is 348.